The Morgan fingerprint density at radius 1 is 1.37 bits per heavy atom. The molecule has 1 aromatic rings. The summed E-state index contributed by atoms with van der Waals surface area (Å²) in [6, 6.07) is 6.65. The van der Waals surface area contributed by atoms with Gasteiger partial charge in [0.15, 0.2) is 18.2 Å². The Bertz CT molecular complexity index is 515. The number of para-hydroxylation sites is 1. The van der Waals surface area contributed by atoms with Gasteiger partial charge in [0.1, 0.15) is 0 Å². The highest BCUT2D eigenvalue weighted by Crippen LogP contribution is 2.31. The molecule has 3 rings (SSSR count). The lowest BCUT2D eigenvalue weighted by Crippen LogP contribution is -2.44. The Kier molecular flexibility index (Phi) is 3.23. The summed E-state index contributed by atoms with van der Waals surface area (Å²) in [4.78, 5) is 14.1. The van der Waals surface area contributed by atoms with Crippen LogP contribution in [0.1, 0.15) is 19.3 Å². The zero-order chi connectivity index (χ0) is 13.2. The highest BCUT2D eigenvalue weighted by Gasteiger charge is 2.37. The summed E-state index contributed by atoms with van der Waals surface area (Å²) in [5, 5.41) is 0. The number of rotatable bonds is 3. The largest absolute Gasteiger partial charge is 0.481 e. The van der Waals surface area contributed by atoms with E-state index < -0.39 is 5.82 Å². The Morgan fingerprint density at radius 3 is 3.00 bits per heavy atom. The molecule has 0 aliphatic carbocycles. The summed E-state index contributed by atoms with van der Waals surface area (Å²) in [7, 11) is 0. The molecule has 1 amide bonds. The second kappa shape index (κ2) is 5.03. The van der Waals surface area contributed by atoms with Gasteiger partial charge in [0.2, 0.25) is 0 Å². The van der Waals surface area contributed by atoms with Gasteiger partial charge in [-0.05, 0) is 31.4 Å². The van der Waals surface area contributed by atoms with E-state index in [2.05, 4.69) is 12.2 Å². The first-order chi connectivity index (χ1) is 9.25. The van der Waals surface area contributed by atoms with Crippen LogP contribution in [-0.4, -0.2) is 29.5 Å². The molecular weight excluding hydrogens is 245 g/mol. The molecular formula is C15H16FNO2. The van der Waals surface area contributed by atoms with E-state index in [0.717, 1.165) is 19.3 Å². The zero-order valence-electron chi connectivity index (χ0n) is 10.6. The van der Waals surface area contributed by atoms with Gasteiger partial charge in [0, 0.05) is 6.04 Å². The average Bonchev–Trinajstić information content (AvgIpc) is 2.67. The minimum absolute atomic E-state index is 0.0555. The number of hydrogen-bond donors (Lipinski definition) is 0. The van der Waals surface area contributed by atoms with Gasteiger partial charge in [-0.3, -0.25) is 4.79 Å². The van der Waals surface area contributed by atoms with E-state index in [1.807, 2.05) is 4.90 Å². The molecule has 0 aromatic heterocycles. The molecule has 0 spiro atoms. The average molecular weight is 261 g/mol. The minimum atomic E-state index is -0.434. The van der Waals surface area contributed by atoms with E-state index in [9.17, 15) is 9.18 Å². The van der Waals surface area contributed by atoms with Gasteiger partial charge in [-0.1, -0.05) is 24.3 Å². The van der Waals surface area contributed by atoms with Gasteiger partial charge >= 0.3 is 0 Å². The van der Waals surface area contributed by atoms with Gasteiger partial charge in [-0.2, -0.15) is 0 Å². The second-order valence-corrected chi connectivity index (χ2v) is 4.98. The summed E-state index contributed by atoms with van der Waals surface area (Å²) in [6.45, 7) is -0.0955. The maximum atomic E-state index is 13.4. The molecule has 4 heteroatoms. The molecule has 2 aliphatic heterocycles. The van der Waals surface area contributed by atoms with Crippen molar-refractivity contribution in [1.29, 1.82) is 0 Å². The summed E-state index contributed by atoms with van der Waals surface area (Å²) in [5.74, 6) is -0.354. The third-order valence-corrected chi connectivity index (χ3v) is 3.79. The zero-order valence-corrected chi connectivity index (χ0v) is 10.6. The van der Waals surface area contributed by atoms with Crippen LogP contribution in [0.5, 0.6) is 5.75 Å². The molecule has 1 aromatic carbocycles. The van der Waals surface area contributed by atoms with Crippen molar-refractivity contribution in [2.45, 2.75) is 31.3 Å². The molecule has 2 unspecified atom stereocenters. The number of hydrogen-bond acceptors (Lipinski definition) is 2. The van der Waals surface area contributed by atoms with Crippen molar-refractivity contribution in [3.8, 4) is 5.75 Å². The van der Waals surface area contributed by atoms with Crippen molar-refractivity contribution in [3.63, 3.8) is 0 Å². The molecule has 2 heterocycles. The maximum absolute atomic E-state index is 13.4. The molecule has 1 fully saturated rings. The molecule has 3 nitrogen and oxygen atoms in total. The van der Waals surface area contributed by atoms with Crippen LogP contribution in [0.2, 0.25) is 0 Å². The second-order valence-electron chi connectivity index (χ2n) is 4.98. The van der Waals surface area contributed by atoms with Crippen molar-refractivity contribution in [2.75, 3.05) is 6.61 Å². The standard InChI is InChI=1S/C15H16FNO2/c16-13-6-1-2-7-14(13)19-10-15(18)17-11-4-3-5-12(17)9-8-11/h1-4,6-7,11-12H,5,8-10H2. The van der Waals surface area contributed by atoms with Gasteiger partial charge in [-0.15, -0.1) is 0 Å². The number of carbonyl (C=O) groups excluding carboxylic acids is 1. The lowest BCUT2D eigenvalue weighted by atomic mass is 10.1. The molecule has 100 valence electrons. The lowest BCUT2D eigenvalue weighted by molar-refractivity contribution is -0.135. The molecule has 19 heavy (non-hydrogen) atoms. The van der Waals surface area contributed by atoms with Crippen LogP contribution in [0.15, 0.2) is 36.4 Å². The SMILES string of the molecule is O=C(COc1ccccc1F)N1C2C=CCC1CC2. The topological polar surface area (TPSA) is 29.5 Å². The van der Waals surface area contributed by atoms with Gasteiger partial charge < -0.3 is 9.64 Å². The first-order valence-electron chi connectivity index (χ1n) is 6.61. The van der Waals surface area contributed by atoms with Gasteiger partial charge in [0.25, 0.3) is 5.91 Å². The minimum Gasteiger partial charge on any atom is -0.481 e. The quantitative estimate of drug-likeness (QED) is 0.782. The molecule has 2 aliphatic rings. The number of ether oxygens (including phenoxy) is 1. The fraction of sp³-hybridized carbons (Fsp3) is 0.400. The number of benzene rings is 1. The first kappa shape index (κ1) is 12.2. The van der Waals surface area contributed by atoms with Crippen molar-refractivity contribution in [3.05, 3.63) is 42.2 Å². The van der Waals surface area contributed by atoms with Crippen LogP contribution < -0.4 is 4.74 Å². The number of carbonyl (C=O) groups is 1. The van der Waals surface area contributed by atoms with E-state index in [1.165, 1.54) is 12.1 Å². The Morgan fingerprint density at radius 2 is 2.21 bits per heavy atom. The molecule has 1 saturated heterocycles. The number of fused-ring (bicyclic) bond motifs is 2. The van der Waals surface area contributed by atoms with E-state index >= 15 is 0 Å². The fourth-order valence-corrected chi connectivity index (χ4v) is 2.89. The molecule has 0 saturated carbocycles. The van der Waals surface area contributed by atoms with Crippen molar-refractivity contribution < 1.29 is 13.9 Å². The monoisotopic (exact) mass is 261 g/mol. The van der Waals surface area contributed by atoms with Gasteiger partial charge in [0.05, 0.1) is 6.04 Å². The van der Waals surface area contributed by atoms with Crippen LogP contribution in [-0.2, 0) is 4.79 Å². The summed E-state index contributed by atoms with van der Waals surface area (Å²) < 4.78 is 18.7. The fourth-order valence-electron chi connectivity index (χ4n) is 2.89. The maximum Gasteiger partial charge on any atom is 0.261 e. The van der Waals surface area contributed by atoms with E-state index in [-0.39, 0.29) is 24.3 Å². The van der Waals surface area contributed by atoms with Crippen molar-refractivity contribution in [2.24, 2.45) is 0 Å². The number of halogens is 1. The first-order valence-corrected chi connectivity index (χ1v) is 6.61. The predicted octanol–water partition coefficient (Wildman–Crippen LogP) is 2.52. The van der Waals surface area contributed by atoms with Gasteiger partial charge in [-0.25, -0.2) is 4.39 Å². The predicted molar refractivity (Wildman–Crippen MR) is 69.3 cm³/mol. The van der Waals surface area contributed by atoms with E-state index in [0.29, 0.717) is 6.04 Å². The van der Waals surface area contributed by atoms with Crippen LogP contribution in [0.25, 0.3) is 0 Å². The lowest BCUT2D eigenvalue weighted by Gasteiger charge is -2.31. The number of amides is 1. The molecule has 0 N–H and O–H groups in total. The van der Waals surface area contributed by atoms with E-state index in [1.54, 1.807) is 12.1 Å². The Hall–Kier alpha value is -1.84. The normalized spacial score (nSPS) is 24.6. The molecule has 2 bridgehead atoms. The summed E-state index contributed by atoms with van der Waals surface area (Å²) in [6.07, 6.45) is 7.21. The molecule has 0 radical (unpaired) electrons. The highest BCUT2D eigenvalue weighted by atomic mass is 19.1. The highest BCUT2D eigenvalue weighted by molar-refractivity contribution is 5.79. The Balaban J connectivity index is 1.63. The summed E-state index contributed by atoms with van der Waals surface area (Å²) in [5.41, 5.74) is 0. The van der Waals surface area contributed by atoms with E-state index in [4.69, 9.17) is 4.74 Å². The smallest absolute Gasteiger partial charge is 0.261 e. The van der Waals surface area contributed by atoms with Crippen LogP contribution >= 0.6 is 0 Å². The van der Waals surface area contributed by atoms with Crippen LogP contribution in [0.4, 0.5) is 4.39 Å². The van der Waals surface area contributed by atoms with Crippen molar-refractivity contribution >= 4 is 5.91 Å². The van der Waals surface area contributed by atoms with Crippen LogP contribution in [0.3, 0.4) is 0 Å². The third-order valence-electron chi connectivity index (χ3n) is 3.79. The number of nitrogens with zero attached hydrogens (tertiary/aromatic N) is 1. The Labute approximate surface area is 111 Å². The summed E-state index contributed by atoms with van der Waals surface area (Å²) >= 11 is 0. The van der Waals surface area contributed by atoms with Crippen LogP contribution in [0, 0.1) is 5.82 Å². The molecule has 2 atom stereocenters. The van der Waals surface area contributed by atoms with Crippen molar-refractivity contribution in [1.82, 2.24) is 4.90 Å². The third kappa shape index (κ3) is 2.35.